The number of benzene rings is 1. The van der Waals surface area contributed by atoms with Crippen LogP contribution in [0, 0.1) is 13.7 Å². The van der Waals surface area contributed by atoms with Gasteiger partial charge in [0.15, 0.2) is 0 Å². The molecule has 1 heterocycles. The van der Waals surface area contributed by atoms with Crippen molar-refractivity contribution in [3.05, 3.63) is 62.1 Å². The number of halogens is 1. The van der Waals surface area contributed by atoms with Crippen LogP contribution >= 0.6 is 22.6 Å². The van der Waals surface area contributed by atoms with E-state index in [1.165, 1.54) is 6.08 Å². The maximum absolute atomic E-state index is 10.3. The summed E-state index contributed by atoms with van der Waals surface area (Å²) in [4.78, 5) is 12.8. The largest absolute Gasteiger partial charge is 0.361 e. The van der Waals surface area contributed by atoms with Crippen LogP contribution in [0.4, 0.5) is 0 Å². The van der Waals surface area contributed by atoms with Gasteiger partial charge in [0.2, 0.25) is 6.20 Å². The van der Waals surface area contributed by atoms with Crippen molar-refractivity contribution in [1.29, 1.82) is 0 Å². The number of rotatable bonds is 3. The first-order valence-electron chi connectivity index (χ1n) is 4.92. The van der Waals surface area contributed by atoms with Crippen molar-refractivity contribution in [2.75, 3.05) is 0 Å². The summed E-state index contributed by atoms with van der Waals surface area (Å²) >= 11 is 2.24. The fourth-order valence-corrected chi connectivity index (χ4v) is 1.90. The summed E-state index contributed by atoms with van der Waals surface area (Å²) in [7, 11) is 0. The molecule has 0 saturated carbocycles. The van der Waals surface area contributed by atoms with E-state index in [1.54, 1.807) is 6.20 Å². The molecule has 1 N–H and O–H groups in total. The lowest BCUT2D eigenvalue weighted by atomic mass is 10.1. The van der Waals surface area contributed by atoms with Crippen molar-refractivity contribution in [3.63, 3.8) is 0 Å². The Kier molecular flexibility index (Phi) is 3.58. The Morgan fingerprint density at radius 3 is 2.59 bits per heavy atom. The average Bonchev–Trinajstić information content (AvgIpc) is 2.75. The monoisotopic (exact) mass is 340 g/mol. The van der Waals surface area contributed by atoms with Crippen molar-refractivity contribution in [1.82, 2.24) is 4.98 Å². The van der Waals surface area contributed by atoms with Crippen LogP contribution in [-0.2, 0) is 0 Å². The van der Waals surface area contributed by atoms with Gasteiger partial charge in [0, 0.05) is 21.4 Å². The Labute approximate surface area is 112 Å². The molecular weight excluding hydrogens is 331 g/mol. The molecule has 0 fully saturated rings. The van der Waals surface area contributed by atoms with Crippen LogP contribution in [0.1, 0.15) is 5.69 Å². The lowest BCUT2D eigenvalue weighted by Crippen LogP contribution is -1.84. The van der Waals surface area contributed by atoms with E-state index in [0.717, 1.165) is 26.6 Å². The first kappa shape index (κ1) is 11.8. The zero-order valence-electron chi connectivity index (χ0n) is 8.76. The van der Waals surface area contributed by atoms with E-state index in [1.807, 2.05) is 30.3 Å². The maximum Gasteiger partial charge on any atom is 0.236 e. The van der Waals surface area contributed by atoms with Gasteiger partial charge in [-0.15, -0.1) is 0 Å². The van der Waals surface area contributed by atoms with Gasteiger partial charge in [0.1, 0.15) is 0 Å². The highest BCUT2D eigenvalue weighted by molar-refractivity contribution is 14.1. The second kappa shape index (κ2) is 5.13. The molecule has 0 atom stereocenters. The van der Waals surface area contributed by atoms with Crippen LogP contribution in [0.25, 0.3) is 17.2 Å². The maximum atomic E-state index is 10.3. The smallest absolute Gasteiger partial charge is 0.236 e. The summed E-state index contributed by atoms with van der Waals surface area (Å²) in [6, 6.07) is 9.90. The van der Waals surface area contributed by atoms with Gasteiger partial charge < -0.3 is 4.98 Å². The zero-order chi connectivity index (χ0) is 12.3. The fraction of sp³-hybridized carbons (Fsp3) is 0. The highest BCUT2D eigenvalue weighted by Gasteiger charge is 2.04. The number of hydrogen-bond acceptors (Lipinski definition) is 2. The van der Waals surface area contributed by atoms with Crippen LogP contribution < -0.4 is 0 Å². The summed E-state index contributed by atoms with van der Waals surface area (Å²) < 4.78 is 1.16. The molecule has 0 aliphatic heterocycles. The molecule has 1 aromatic heterocycles. The molecule has 0 radical (unpaired) electrons. The van der Waals surface area contributed by atoms with E-state index < -0.39 is 4.92 Å². The van der Waals surface area contributed by atoms with Crippen LogP contribution in [0.5, 0.6) is 0 Å². The number of nitrogens with one attached hydrogen (secondary N) is 1. The van der Waals surface area contributed by atoms with Gasteiger partial charge >= 0.3 is 0 Å². The minimum absolute atomic E-state index is 0.474. The van der Waals surface area contributed by atoms with E-state index in [2.05, 4.69) is 27.6 Å². The molecule has 17 heavy (non-hydrogen) atoms. The first-order valence-corrected chi connectivity index (χ1v) is 6.00. The first-order chi connectivity index (χ1) is 8.16. The van der Waals surface area contributed by atoms with E-state index in [0.29, 0.717) is 0 Å². The number of aromatic amines is 1. The highest BCUT2D eigenvalue weighted by atomic mass is 127. The standard InChI is InChI=1S/C12H9IN2O2/c13-10-3-1-9(2-4-10)11-5-7-14-12(11)6-8-15(16)17/h1-8,14H. The Morgan fingerprint density at radius 2 is 1.94 bits per heavy atom. The van der Waals surface area contributed by atoms with E-state index in [-0.39, 0.29) is 0 Å². The van der Waals surface area contributed by atoms with Crippen LogP contribution in [0.15, 0.2) is 42.7 Å². The molecule has 86 valence electrons. The van der Waals surface area contributed by atoms with Crippen LogP contribution in [0.3, 0.4) is 0 Å². The van der Waals surface area contributed by atoms with Crippen LogP contribution in [-0.4, -0.2) is 9.91 Å². The van der Waals surface area contributed by atoms with E-state index in [9.17, 15) is 10.1 Å². The molecule has 0 saturated heterocycles. The Hall–Kier alpha value is -1.63. The van der Waals surface area contributed by atoms with E-state index >= 15 is 0 Å². The molecule has 5 heteroatoms. The molecule has 0 spiro atoms. The molecule has 0 amide bonds. The van der Waals surface area contributed by atoms with Crippen molar-refractivity contribution in [2.45, 2.75) is 0 Å². The van der Waals surface area contributed by atoms with Crippen molar-refractivity contribution < 1.29 is 4.92 Å². The summed E-state index contributed by atoms with van der Waals surface area (Å²) in [6.45, 7) is 0. The summed E-state index contributed by atoms with van der Waals surface area (Å²) in [6.07, 6.45) is 4.17. The lowest BCUT2D eigenvalue weighted by molar-refractivity contribution is -0.400. The second-order valence-electron chi connectivity index (χ2n) is 3.41. The third-order valence-electron chi connectivity index (χ3n) is 2.30. The van der Waals surface area contributed by atoms with Crippen molar-refractivity contribution in [2.24, 2.45) is 0 Å². The minimum atomic E-state index is -0.474. The van der Waals surface area contributed by atoms with Gasteiger partial charge in [-0.05, 0) is 46.4 Å². The Balaban J connectivity index is 2.36. The zero-order valence-corrected chi connectivity index (χ0v) is 10.9. The SMILES string of the molecule is O=[N+]([O-])C=Cc1[nH]ccc1-c1ccc(I)cc1. The number of hydrogen-bond donors (Lipinski definition) is 1. The van der Waals surface area contributed by atoms with Gasteiger partial charge in [-0.25, -0.2) is 0 Å². The molecule has 0 aliphatic rings. The van der Waals surface area contributed by atoms with Gasteiger partial charge in [-0.2, -0.15) is 0 Å². The molecule has 0 bridgehead atoms. The second-order valence-corrected chi connectivity index (χ2v) is 4.66. The summed E-state index contributed by atoms with van der Waals surface area (Å²) in [5, 5.41) is 10.3. The molecule has 2 aromatic rings. The molecule has 2 rings (SSSR count). The highest BCUT2D eigenvalue weighted by Crippen LogP contribution is 2.24. The lowest BCUT2D eigenvalue weighted by Gasteiger charge is -2.00. The number of nitrogens with zero attached hydrogens (tertiary/aromatic N) is 1. The molecular formula is C12H9IN2O2. The van der Waals surface area contributed by atoms with Crippen molar-refractivity contribution in [3.8, 4) is 11.1 Å². The Bertz CT molecular complexity index is 558. The normalized spacial score (nSPS) is 10.9. The Morgan fingerprint density at radius 1 is 1.24 bits per heavy atom. The third-order valence-corrected chi connectivity index (χ3v) is 3.02. The van der Waals surface area contributed by atoms with Gasteiger partial charge in [0.05, 0.1) is 10.6 Å². The predicted molar refractivity (Wildman–Crippen MR) is 75.0 cm³/mol. The summed E-state index contributed by atoms with van der Waals surface area (Å²) in [5.74, 6) is 0. The minimum Gasteiger partial charge on any atom is -0.361 e. The number of H-pyrrole nitrogens is 1. The third kappa shape index (κ3) is 2.94. The van der Waals surface area contributed by atoms with Gasteiger partial charge in [-0.3, -0.25) is 10.1 Å². The quantitative estimate of drug-likeness (QED) is 0.528. The van der Waals surface area contributed by atoms with Gasteiger partial charge in [-0.1, -0.05) is 12.1 Å². The van der Waals surface area contributed by atoms with Crippen molar-refractivity contribution >= 4 is 28.7 Å². The topological polar surface area (TPSA) is 58.9 Å². The molecule has 0 unspecified atom stereocenters. The van der Waals surface area contributed by atoms with Gasteiger partial charge in [0.25, 0.3) is 0 Å². The summed E-state index contributed by atoms with van der Waals surface area (Å²) in [5.41, 5.74) is 2.73. The molecule has 4 nitrogen and oxygen atoms in total. The van der Waals surface area contributed by atoms with Crippen LogP contribution in [0.2, 0.25) is 0 Å². The molecule has 1 aromatic carbocycles. The predicted octanol–water partition coefficient (Wildman–Crippen LogP) is 3.53. The fourth-order valence-electron chi connectivity index (χ4n) is 1.54. The average molecular weight is 340 g/mol. The number of nitro groups is 1. The number of aromatic nitrogens is 1. The van der Waals surface area contributed by atoms with E-state index in [4.69, 9.17) is 0 Å². The molecule has 0 aliphatic carbocycles.